The van der Waals surface area contributed by atoms with Crippen LogP contribution in [0, 0.1) is 0 Å². The summed E-state index contributed by atoms with van der Waals surface area (Å²) in [5, 5.41) is 0.734. The van der Waals surface area contributed by atoms with Gasteiger partial charge in [-0.25, -0.2) is 4.79 Å². The quantitative estimate of drug-likeness (QED) is 0.566. The summed E-state index contributed by atoms with van der Waals surface area (Å²) >= 11 is 6.09. The molecule has 1 aliphatic rings. The van der Waals surface area contributed by atoms with Crippen LogP contribution in [-0.4, -0.2) is 56.0 Å². The summed E-state index contributed by atoms with van der Waals surface area (Å²) in [5.41, 5.74) is 1.39. The number of hydrogen-bond donors (Lipinski definition) is 0. The first-order valence-electron chi connectivity index (χ1n) is 9.72. The Kier molecular flexibility index (Phi) is 5.56. The molecule has 0 N–H and O–H groups in total. The molecule has 0 spiro atoms. The molecule has 0 aliphatic carbocycles. The van der Waals surface area contributed by atoms with Gasteiger partial charge in [-0.1, -0.05) is 23.7 Å². The van der Waals surface area contributed by atoms with Crippen molar-refractivity contribution in [1.29, 1.82) is 0 Å². The number of amides is 1. The Labute approximate surface area is 183 Å². The highest BCUT2D eigenvalue weighted by Crippen LogP contribution is 2.38. The van der Waals surface area contributed by atoms with Gasteiger partial charge in [-0.3, -0.25) is 9.59 Å². The number of carbonyl (C=O) groups excluding carboxylic acids is 2. The number of hydrogen-bond acceptors (Lipinski definition) is 6. The zero-order valence-electron chi connectivity index (χ0n) is 17.3. The molecule has 8 heteroatoms. The molecule has 1 aliphatic heterocycles. The second-order valence-electron chi connectivity index (χ2n) is 7.63. The molecule has 2 aromatic carbocycles. The second-order valence-corrected chi connectivity index (χ2v) is 8.07. The van der Waals surface area contributed by atoms with E-state index >= 15 is 0 Å². The smallest absolute Gasteiger partial charge is 0.337 e. The van der Waals surface area contributed by atoms with Gasteiger partial charge in [-0.15, -0.1) is 0 Å². The normalized spacial score (nSPS) is 15.6. The molecule has 0 radical (unpaired) electrons. The monoisotopic (exact) mass is 440 g/mol. The topological polar surface area (TPSA) is 80.1 Å². The summed E-state index contributed by atoms with van der Waals surface area (Å²) in [5.74, 6) is -0.757. The van der Waals surface area contributed by atoms with Crippen LogP contribution in [-0.2, 0) is 4.74 Å². The molecule has 0 saturated carbocycles. The van der Waals surface area contributed by atoms with Crippen LogP contribution in [0.4, 0.5) is 0 Å². The van der Waals surface area contributed by atoms with E-state index in [9.17, 15) is 14.4 Å². The zero-order chi connectivity index (χ0) is 22.3. The van der Waals surface area contributed by atoms with E-state index in [1.165, 1.54) is 7.11 Å². The maximum Gasteiger partial charge on any atom is 0.337 e. The average molecular weight is 441 g/mol. The number of halogens is 1. The Morgan fingerprint density at radius 2 is 1.87 bits per heavy atom. The first-order chi connectivity index (χ1) is 14.8. The van der Waals surface area contributed by atoms with Crippen LogP contribution in [0.1, 0.15) is 38.1 Å². The van der Waals surface area contributed by atoms with Crippen molar-refractivity contribution in [2.75, 3.05) is 34.3 Å². The molecule has 3 aromatic rings. The Bertz CT molecular complexity index is 1230. The molecule has 0 bridgehead atoms. The van der Waals surface area contributed by atoms with Gasteiger partial charge in [0.15, 0.2) is 5.43 Å². The lowest BCUT2D eigenvalue weighted by Gasteiger charge is -2.26. The van der Waals surface area contributed by atoms with Crippen molar-refractivity contribution < 1.29 is 18.7 Å². The van der Waals surface area contributed by atoms with E-state index in [4.69, 9.17) is 20.8 Å². The highest BCUT2D eigenvalue weighted by molar-refractivity contribution is 6.31. The van der Waals surface area contributed by atoms with E-state index in [2.05, 4.69) is 0 Å². The number of ether oxygens (including phenoxy) is 1. The standard InChI is InChI=1S/C23H21ClN2O5/c1-25(2)10-11-26-19(13-4-6-14(7-5-13)23(29)30-3)18-20(27)16-12-15(24)8-9-17(16)31-21(18)22(26)28/h4-9,12,19H,10-11H2,1-3H3/t19-/m0/s1. The van der Waals surface area contributed by atoms with Gasteiger partial charge in [-0.2, -0.15) is 0 Å². The highest BCUT2D eigenvalue weighted by Gasteiger charge is 2.42. The fourth-order valence-corrected chi connectivity index (χ4v) is 3.97. The molecule has 2 heterocycles. The minimum atomic E-state index is -0.631. The maximum atomic E-state index is 13.4. The SMILES string of the molecule is COC(=O)c1ccc([C@H]2c3c(oc4ccc(Cl)cc4c3=O)C(=O)N2CCN(C)C)cc1. The maximum absolute atomic E-state index is 13.4. The first-order valence-corrected chi connectivity index (χ1v) is 10.1. The van der Waals surface area contributed by atoms with Crippen molar-refractivity contribution in [3.05, 3.63) is 80.2 Å². The predicted octanol–water partition coefficient (Wildman–Crippen LogP) is 3.34. The molecule has 0 fully saturated rings. The van der Waals surface area contributed by atoms with E-state index in [1.54, 1.807) is 47.4 Å². The molecule has 0 saturated heterocycles. The van der Waals surface area contributed by atoms with Gasteiger partial charge in [0.25, 0.3) is 5.91 Å². The van der Waals surface area contributed by atoms with Gasteiger partial charge in [0.2, 0.25) is 5.76 Å². The molecule has 0 unspecified atom stereocenters. The number of methoxy groups -OCH3 is 1. The van der Waals surface area contributed by atoms with E-state index in [-0.39, 0.29) is 22.7 Å². The predicted molar refractivity (Wildman–Crippen MR) is 117 cm³/mol. The van der Waals surface area contributed by atoms with Gasteiger partial charge in [-0.05, 0) is 50.0 Å². The number of carbonyl (C=O) groups is 2. The van der Waals surface area contributed by atoms with Crippen molar-refractivity contribution >= 4 is 34.4 Å². The fourth-order valence-electron chi connectivity index (χ4n) is 3.80. The molecule has 1 atom stereocenters. The summed E-state index contributed by atoms with van der Waals surface area (Å²) in [6, 6.07) is 10.8. The van der Waals surface area contributed by atoms with Crippen LogP contribution in [0.2, 0.25) is 5.02 Å². The fraction of sp³-hybridized carbons (Fsp3) is 0.261. The minimum absolute atomic E-state index is 0.0422. The van der Waals surface area contributed by atoms with Crippen molar-refractivity contribution in [1.82, 2.24) is 9.80 Å². The number of rotatable bonds is 5. The lowest BCUT2D eigenvalue weighted by atomic mass is 9.97. The van der Waals surface area contributed by atoms with Gasteiger partial charge in [0.1, 0.15) is 5.58 Å². The van der Waals surface area contributed by atoms with E-state index in [0.29, 0.717) is 40.2 Å². The van der Waals surface area contributed by atoms with Crippen LogP contribution >= 0.6 is 11.6 Å². The van der Waals surface area contributed by atoms with Crippen LogP contribution in [0.15, 0.2) is 51.7 Å². The van der Waals surface area contributed by atoms with Gasteiger partial charge < -0.3 is 19.0 Å². The van der Waals surface area contributed by atoms with Crippen molar-refractivity contribution in [3.63, 3.8) is 0 Å². The minimum Gasteiger partial charge on any atom is -0.465 e. The lowest BCUT2D eigenvalue weighted by Crippen LogP contribution is -2.35. The largest absolute Gasteiger partial charge is 0.465 e. The van der Waals surface area contributed by atoms with Crippen LogP contribution in [0.3, 0.4) is 0 Å². The summed E-state index contributed by atoms with van der Waals surface area (Å²) in [6.45, 7) is 1.01. The number of nitrogens with zero attached hydrogens (tertiary/aromatic N) is 2. The molecule has 160 valence electrons. The van der Waals surface area contributed by atoms with Crippen molar-refractivity contribution in [3.8, 4) is 0 Å². The Hall–Kier alpha value is -3.16. The highest BCUT2D eigenvalue weighted by atomic mass is 35.5. The molecular formula is C23H21ClN2O5. The number of fused-ring (bicyclic) bond motifs is 2. The zero-order valence-corrected chi connectivity index (χ0v) is 18.1. The van der Waals surface area contributed by atoms with Crippen molar-refractivity contribution in [2.24, 2.45) is 0 Å². The van der Waals surface area contributed by atoms with Crippen LogP contribution in [0.5, 0.6) is 0 Å². The Morgan fingerprint density at radius 1 is 1.16 bits per heavy atom. The summed E-state index contributed by atoms with van der Waals surface area (Å²) < 4.78 is 10.6. The lowest BCUT2D eigenvalue weighted by molar-refractivity contribution is 0.0599. The van der Waals surface area contributed by atoms with E-state index < -0.39 is 12.0 Å². The molecule has 4 rings (SSSR count). The summed E-state index contributed by atoms with van der Waals surface area (Å²) in [7, 11) is 5.13. The third-order valence-corrected chi connectivity index (χ3v) is 5.60. The number of esters is 1. The average Bonchev–Trinajstić information content (AvgIpc) is 3.04. The second kappa shape index (κ2) is 8.17. The van der Waals surface area contributed by atoms with E-state index in [1.807, 2.05) is 19.0 Å². The summed E-state index contributed by atoms with van der Waals surface area (Å²) in [6.07, 6.45) is 0. The van der Waals surface area contributed by atoms with E-state index in [0.717, 1.165) is 0 Å². The molecule has 31 heavy (non-hydrogen) atoms. The van der Waals surface area contributed by atoms with Gasteiger partial charge >= 0.3 is 5.97 Å². The summed E-state index contributed by atoms with van der Waals surface area (Å²) in [4.78, 5) is 42.1. The Balaban J connectivity index is 1.89. The Morgan fingerprint density at radius 3 is 2.52 bits per heavy atom. The van der Waals surface area contributed by atoms with Crippen molar-refractivity contribution in [2.45, 2.75) is 6.04 Å². The third-order valence-electron chi connectivity index (χ3n) is 5.36. The molecule has 1 aromatic heterocycles. The first kappa shape index (κ1) is 21.1. The van der Waals surface area contributed by atoms with Gasteiger partial charge in [0, 0.05) is 18.1 Å². The molecule has 7 nitrogen and oxygen atoms in total. The number of likely N-dealkylation sites (N-methyl/N-ethyl adjacent to an activating group) is 1. The van der Waals surface area contributed by atoms with Gasteiger partial charge in [0.05, 0.1) is 29.7 Å². The molecular weight excluding hydrogens is 420 g/mol. The van der Waals surface area contributed by atoms with Crippen LogP contribution < -0.4 is 5.43 Å². The number of benzene rings is 2. The van der Waals surface area contributed by atoms with Crippen LogP contribution in [0.25, 0.3) is 11.0 Å². The third kappa shape index (κ3) is 3.71. The molecule has 1 amide bonds.